The minimum Gasteiger partial charge on any atom is -0.258 e. The summed E-state index contributed by atoms with van der Waals surface area (Å²) in [6.07, 6.45) is 3.39. The third kappa shape index (κ3) is 2.01. The minimum atomic E-state index is -0.296. The highest BCUT2D eigenvalue weighted by Gasteiger charge is 2.03. The van der Waals surface area contributed by atoms with Crippen LogP contribution >= 0.6 is 0 Å². The molecule has 0 bridgehead atoms. The highest BCUT2D eigenvalue weighted by Crippen LogP contribution is 2.17. The lowest BCUT2D eigenvalue weighted by atomic mass is 10.1. The standard InChI is InChI=1S/C12H11FN2/c1-8-3-4-12(15-6-8)10-5-11(13)9(2)14-7-10/h3-7H,1-2H3. The molecule has 0 fully saturated rings. The molecule has 2 nitrogen and oxygen atoms in total. The van der Waals surface area contributed by atoms with E-state index < -0.39 is 0 Å². The summed E-state index contributed by atoms with van der Waals surface area (Å²) in [5.74, 6) is -0.296. The van der Waals surface area contributed by atoms with Crippen LogP contribution in [0.3, 0.4) is 0 Å². The topological polar surface area (TPSA) is 25.8 Å². The zero-order valence-electron chi connectivity index (χ0n) is 8.66. The van der Waals surface area contributed by atoms with E-state index in [0.717, 1.165) is 11.3 Å². The van der Waals surface area contributed by atoms with Crippen LogP contribution in [0, 0.1) is 19.7 Å². The van der Waals surface area contributed by atoms with Crippen LogP contribution in [-0.4, -0.2) is 9.97 Å². The van der Waals surface area contributed by atoms with Gasteiger partial charge in [-0.15, -0.1) is 0 Å². The van der Waals surface area contributed by atoms with Crippen LogP contribution in [0.15, 0.2) is 30.6 Å². The van der Waals surface area contributed by atoms with Gasteiger partial charge in [-0.2, -0.15) is 0 Å². The predicted octanol–water partition coefficient (Wildman–Crippen LogP) is 2.90. The van der Waals surface area contributed by atoms with E-state index in [1.54, 1.807) is 19.3 Å². The predicted molar refractivity (Wildman–Crippen MR) is 56.9 cm³/mol. The molecule has 0 saturated heterocycles. The maximum Gasteiger partial charge on any atom is 0.145 e. The lowest BCUT2D eigenvalue weighted by Crippen LogP contribution is -1.91. The number of halogens is 1. The lowest BCUT2D eigenvalue weighted by molar-refractivity contribution is 0.610. The van der Waals surface area contributed by atoms with E-state index in [-0.39, 0.29) is 5.82 Å². The summed E-state index contributed by atoms with van der Waals surface area (Å²) >= 11 is 0. The van der Waals surface area contributed by atoms with Crippen molar-refractivity contribution in [2.24, 2.45) is 0 Å². The van der Waals surface area contributed by atoms with E-state index >= 15 is 0 Å². The van der Waals surface area contributed by atoms with E-state index in [2.05, 4.69) is 9.97 Å². The summed E-state index contributed by atoms with van der Waals surface area (Å²) < 4.78 is 13.3. The normalized spacial score (nSPS) is 10.3. The summed E-state index contributed by atoms with van der Waals surface area (Å²) in [4.78, 5) is 8.18. The molecule has 0 aromatic carbocycles. The molecule has 2 aromatic rings. The lowest BCUT2D eigenvalue weighted by Gasteiger charge is -2.02. The van der Waals surface area contributed by atoms with Gasteiger partial charge in [0, 0.05) is 18.0 Å². The van der Waals surface area contributed by atoms with E-state index in [1.807, 2.05) is 19.1 Å². The number of hydrogen-bond donors (Lipinski definition) is 0. The van der Waals surface area contributed by atoms with E-state index in [1.165, 1.54) is 6.07 Å². The molecule has 0 amide bonds. The van der Waals surface area contributed by atoms with E-state index in [9.17, 15) is 4.39 Å². The maximum absolute atomic E-state index is 13.3. The van der Waals surface area contributed by atoms with Gasteiger partial charge in [0.1, 0.15) is 5.82 Å². The molecule has 2 rings (SSSR count). The Hall–Kier alpha value is -1.77. The van der Waals surface area contributed by atoms with Crippen molar-refractivity contribution < 1.29 is 4.39 Å². The number of aromatic nitrogens is 2. The van der Waals surface area contributed by atoms with Crippen molar-refractivity contribution in [3.63, 3.8) is 0 Å². The van der Waals surface area contributed by atoms with Gasteiger partial charge in [0.2, 0.25) is 0 Å². The van der Waals surface area contributed by atoms with Crippen molar-refractivity contribution in [1.29, 1.82) is 0 Å². The molecule has 0 aliphatic carbocycles. The van der Waals surface area contributed by atoms with E-state index in [0.29, 0.717) is 11.3 Å². The summed E-state index contributed by atoms with van der Waals surface area (Å²) in [6.45, 7) is 3.60. The number of rotatable bonds is 1. The summed E-state index contributed by atoms with van der Waals surface area (Å²) in [5, 5.41) is 0. The first-order valence-electron chi connectivity index (χ1n) is 4.72. The average Bonchev–Trinajstić information content (AvgIpc) is 2.23. The Balaban J connectivity index is 2.45. The molecular formula is C12H11FN2. The number of nitrogens with zero attached hydrogens (tertiary/aromatic N) is 2. The van der Waals surface area contributed by atoms with Crippen molar-refractivity contribution in [3.8, 4) is 11.3 Å². The third-order valence-electron chi connectivity index (χ3n) is 2.23. The largest absolute Gasteiger partial charge is 0.258 e. The molecule has 0 radical (unpaired) electrons. The number of hydrogen-bond acceptors (Lipinski definition) is 2. The van der Waals surface area contributed by atoms with Gasteiger partial charge in [-0.3, -0.25) is 9.97 Å². The first-order valence-corrected chi connectivity index (χ1v) is 4.72. The van der Waals surface area contributed by atoms with Crippen molar-refractivity contribution in [3.05, 3.63) is 47.7 Å². The number of pyridine rings is 2. The Kier molecular flexibility index (Phi) is 2.46. The van der Waals surface area contributed by atoms with Crippen molar-refractivity contribution in [1.82, 2.24) is 9.97 Å². The van der Waals surface area contributed by atoms with Crippen molar-refractivity contribution in [2.75, 3.05) is 0 Å². The SMILES string of the molecule is Cc1ccc(-c2cnc(C)c(F)c2)nc1. The first kappa shape index (κ1) is 9.77. The van der Waals surface area contributed by atoms with Crippen molar-refractivity contribution in [2.45, 2.75) is 13.8 Å². The van der Waals surface area contributed by atoms with Gasteiger partial charge in [0.05, 0.1) is 11.4 Å². The molecule has 0 aliphatic heterocycles. The summed E-state index contributed by atoms with van der Waals surface area (Å²) in [5.41, 5.74) is 2.94. The van der Waals surface area contributed by atoms with Gasteiger partial charge in [0.15, 0.2) is 0 Å². The molecule has 2 aromatic heterocycles. The monoisotopic (exact) mass is 202 g/mol. The molecule has 0 N–H and O–H groups in total. The molecule has 0 spiro atoms. The second kappa shape index (κ2) is 3.77. The second-order valence-corrected chi connectivity index (χ2v) is 3.51. The zero-order chi connectivity index (χ0) is 10.8. The Labute approximate surface area is 87.8 Å². The molecule has 0 saturated carbocycles. The van der Waals surface area contributed by atoms with Gasteiger partial charge >= 0.3 is 0 Å². The van der Waals surface area contributed by atoms with Crippen LogP contribution in [0.1, 0.15) is 11.3 Å². The van der Waals surface area contributed by atoms with Crippen molar-refractivity contribution >= 4 is 0 Å². The maximum atomic E-state index is 13.3. The van der Waals surface area contributed by atoms with Gasteiger partial charge in [-0.05, 0) is 31.5 Å². The van der Waals surface area contributed by atoms with Crippen LogP contribution < -0.4 is 0 Å². The van der Waals surface area contributed by atoms with Crippen LogP contribution in [0.4, 0.5) is 4.39 Å². The van der Waals surface area contributed by atoms with Gasteiger partial charge in [-0.25, -0.2) is 4.39 Å². The average molecular weight is 202 g/mol. The molecule has 76 valence electrons. The molecular weight excluding hydrogens is 191 g/mol. The Morgan fingerprint density at radius 3 is 2.47 bits per heavy atom. The molecule has 0 unspecified atom stereocenters. The Morgan fingerprint density at radius 2 is 1.87 bits per heavy atom. The van der Waals surface area contributed by atoms with Crippen LogP contribution in [0.5, 0.6) is 0 Å². The number of aryl methyl sites for hydroxylation is 2. The molecule has 2 heterocycles. The second-order valence-electron chi connectivity index (χ2n) is 3.51. The fourth-order valence-corrected chi connectivity index (χ4v) is 1.28. The first-order chi connectivity index (χ1) is 7.16. The smallest absolute Gasteiger partial charge is 0.145 e. The third-order valence-corrected chi connectivity index (χ3v) is 2.23. The minimum absolute atomic E-state index is 0.296. The summed E-state index contributed by atoms with van der Waals surface area (Å²) in [6, 6.07) is 5.27. The van der Waals surface area contributed by atoms with Gasteiger partial charge in [-0.1, -0.05) is 6.07 Å². The highest BCUT2D eigenvalue weighted by molar-refractivity contribution is 5.57. The van der Waals surface area contributed by atoms with Crippen LogP contribution in [0.25, 0.3) is 11.3 Å². The summed E-state index contributed by atoms with van der Waals surface area (Å²) in [7, 11) is 0. The zero-order valence-corrected chi connectivity index (χ0v) is 8.66. The Bertz CT molecular complexity index is 477. The molecule has 0 atom stereocenters. The van der Waals surface area contributed by atoms with Gasteiger partial charge in [0.25, 0.3) is 0 Å². The quantitative estimate of drug-likeness (QED) is 0.710. The van der Waals surface area contributed by atoms with E-state index in [4.69, 9.17) is 0 Å². The molecule has 0 aliphatic rings. The fourth-order valence-electron chi connectivity index (χ4n) is 1.28. The van der Waals surface area contributed by atoms with Crippen LogP contribution in [-0.2, 0) is 0 Å². The Morgan fingerprint density at radius 1 is 1.07 bits per heavy atom. The molecule has 3 heteroatoms. The fraction of sp³-hybridized carbons (Fsp3) is 0.167. The molecule has 15 heavy (non-hydrogen) atoms. The van der Waals surface area contributed by atoms with Gasteiger partial charge < -0.3 is 0 Å². The highest BCUT2D eigenvalue weighted by atomic mass is 19.1. The van der Waals surface area contributed by atoms with Crippen LogP contribution in [0.2, 0.25) is 0 Å².